The third-order valence-electron chi connectivity index (χ3n) is 6.44. The molecule has 2 heterocycles. The van der Waals surface area contributed by atoms with Gasteiger partial charge in [0.15, 0.2) is 0 Å². The standard InChI is InChI=1S/C23H40N6O5S2/c1-5-13(4)18-23(34)27-15-10-35-36-11-16(26-20(15)31)21(32)28-17(12(2)3)22(33)25-14(19(30)29-18)8-6-7-9-24/h12-18H,5-11,24H2,1-4H3,(H,25,33)(H,26,31)(H,27,34)(H,28,32)(H,29,30)/t13-,14+,15+,16+,17-,18-/m0/s1. The van der Waals surface area contributed by atoms with Crippen molar-refractivity contribution in [2.24, 2.45) is 17.6 Å². The molecule has 0 unspecified atom stereocenters. The van der Waals surface area contributed by atoms with Gasteiger partial charge in [-0.2, -0.15) is 0 Å². The highest BCUT2D eigenvalue weighted by Gasteiger charge is 2.37. The average Bonchev–Trinajstić information content (AvgIpc) is 2.83. The summed E-state index contributed by atoms with van der Waals surface area (Å²) in [7, 11) is 2.79. The van der Waals surface area contributed by atoms with Gasteiger partial charge in [-0.15, -0.1) is 0 Å². The summed E-state index contributed by atoms with van der Waals surface area (Å²) in [6, 6.07) is -4.46. The Morgan fingerprint density at radius 1 is 0.750 bits per heavy atom. The second kappa shape index (κ2) is 14.7. The van der Waals surface area contributed by atoms with Gasteiger partial charge in [0.05, 0.1) is 0 Å². The first-order valence-electron chi connectivity index (χ1n) is 12.5. The van der Waals surface area contributed by atoms with Crippen LogP contribution in [0, 0.1) is 11.8 Å². The molecule has 2 bridgehead atoms. The highest BCUT2D eigenvalue weighted by Crippen LogP contribution is 2.25. The fraction of sp³-hybridized carbons (Fsp3) is 0.783. The molecule has 13 heteroatoms. The van der Waals surface area contributed by atoms with Gasteiger partial charge < -0.3 is 32.3 Å². The van der Waals surface area contributed by atoms with Crippen molar-refractivity contribution < 1.29 is 24.0 Å². The first kappa shape index (κ1) is 30.2. The number of nitrogens with two attached hydrogens (primary N) is 1. The van der Waals surface area contributed by atoms with Gasteiger partial charge >= 0.3 is 0 Å². The van der Waals surface area contributed by atoms with Crippen LogP contribution in [0.15, 0.2) is 0 Å². The Bertz CT molecular complexity index is 814. The van der Waals surface area contributed by atoms with Gasteiger partial charge in [-0.25, -0.2) is 0 Å². The molecule has 0 aromatic heterocycles. The fourth-order valence-electron chi connectivity index (χ4n) is 3.90. The van der Waals surface area contributed by atoms with E-state index in [1.807, 2.05) is 13.8 Å². The van der Waals surface area contributed by atoms with E-state index in [9.17, 15) is 24.0 Å². The Morgan fingerprint density at radius 3 is 1.83 bits per heavy atom. The van der Waals surface area contributed by atoms with Crippen LogP contribution in [0.25, 0.3) is 0 Å². The molecule has 0 spiro atoms. The molecule has 36 heavy (non-hydrogen) atoms. The van der Waals surface area contributed by atoms with E-state index in [1.165, 1.54) is 21.6 Å². The monoisotopic (exact) mass is 544 g/mol. The summed E-state index contributed by atoms with van der Waals surface area (Å²) in [6.45, 7) is 7.79. The Morgan fingerprint density at radius 2 is 1.28 bits per heavy atom. The molecule has 0 aromatic carbocycles. The van der Waals surface area contributed by atoms with Crippen LogP contribution in [0.4, 0.5) is 0 Å². The van der Waals surface area contributed by atoms with Crippen LogP contribution in [0.5, 0.6) is 0 Å². The number of hydrogen-bond acceptors (Lipinski definition) is 8. The number of hydrogen-bond donors (Lipinski definition) is 6. The third-order valence-corrected chi connectivity index (χ3v) is 8.86. The molecule has 0 aliphatic carbocycles. The predicted octanol–water partition coefficient (Wildman–Crippen LogP) is -0.350. The van der Waals surface area contributed by atoms with Crippen molar-refractivity contribution in [3.63, 3.8) is 0 Å². The minimum Gasteiger partial charge on any atom is -0.343 e. The van der Waals surface area contributed by atoms with Crippen LogP contribution in [0.2, 0.25) is 0 Å². The number of unbranched alkanes of at least 4 members (excludes halogenated alkanes) is 1. The van der Waals surface area contributed by atoms with Crippen LogP contribution < -0.4 is 32.3 Å². The molecular formula is C23H40N6O5S2. The van der Waals surface area contributed by atoms with Gasteiger partial charge in [-0.3, -0.25) is 24.0 Å². The molecule has 2 rings (SSSR count). The molecule has 0 radical (unpaired) electrons. The summed E-state index contributed by atoms with van der Waals surface area (Å²) in [5.74, 6) is -2.30. The Balaban J connectivity index is 2.46. The number of amides is 5. The Kier molecular flexibility index (Phi) is 12.3. The van der Waals surface area contributed by atoms with E-state index in [1.54, 1.807) is 13.8 Å². The van der Waals surface area contributed by atoms with Crippen LogP contribution in [-0.2, 0) is 24.0 Å². The highest BCUT2D eigenvalue weighted by atomic mass is 33.1. The summed E-state index contributed by atoms with van der Waals surface area (Å²) < 4.78 is 0. The summed E-state index contributed by atoms with van der Waals surface area (Å²) in [5, 5.41) is 13.8. The molecule has 0 saturated carbocycles. The lowest BCUT2D eigenvalue weighted by atomic mass is 9.97. The molecule has 2 aliphatic heterocycles. The molecule has 2 aliphatic rings. The Labute approximate surface area is 220 Å². The second-order valence-corrected chi connectivity index (χ2v) is 12.2. The highest BCUT2D eigenvalue weighted by molar-refractivity contribution is 8.76. The van der Waals surface area contributed by atoms with Crippen molar-refractivity contribution in [3.8, 4) is 0 Å². The molecule has 6 atom stereocenters. The lowest BCUT2D eigenvalue weighted by Crippen LogP contribution is -2.60. The summed E-state index contributed by atoms with van der Waals surface area (Å²) in [6.07, 6.45) is 2.22. The van der Waals surface area contributed by atoms with Gasteiger partial charge in [0.25, 0.3) is 0 Å². The van der Waals surface area contributed by atoms with Crippen molar-refractivity contribution in [1.29, 1.82) is 0 Å². The lowest BCUT2D eigenvalue weighted by molar-refractivity contribution is -0.135. The van der Waals surface area contributed by atoms with Crippen molar-refractivity contribution in [1.82, 2.24) is 26.6 Å². The maximum absolute atomic E-state index is 13.3. The normalized spacial score (nSPS) is 29.5. The van der Waals surface area contributed by atoms with Gasteiger partial charge in [-0.05, 0) is 37.6 Å². The third kappa shape index (κ3) is 8.55. The van der Waals surface area contributed by atoms with Gasteiger partial charge in [0, 0.05) is 11.5 Å². The number of carbonyl (C=O) groups excluding carboxylic acids is 5. The lowest BCUT2D eigenvalue weighted by Gasteiger charge is -2.29. The van der Waals surface area contributed by atoms with Gasteiger partial charge in [0.2, 0.25) is 29.5 Å². The van der Waals surface area contributed by atoms with Gasteiger partial charge in [0.1, 0.15) is 30.2 Å². The first-order valence-corrected chi connectivity index (χ1v) is 15.0. The fourth-order valence-corrected chi connectivity index (χ4v) is 6.23. The number of nitrogens with one attached hydrogen (secondary N) is 5. The number of carbonyl (C=O) groups is 5. The van der Waals surface area contributed by atoms with Crippen LogP contribution >= 0.6 is 21.6 Å². The topological polar surface area (TPSA) is 172 Å². The molecule has 2 fully saturated rings. The maximum atomic E-state index is 13.3. The quantitative estimate of drug-likeness (QED) is 0.186. The first-order chi connectivity index (χ1) is 17.1. The van der Waals surface area contributed by atoms with E-state index in [-0.39, 0.29) is 11.8 Å². The smallest absolute Gasteiger partial charge is 0.244 e. The minimum absolute atomic E-state index is 0.219. The van der Waals surface area contributed by atoms with Crippen LogP contribution in [0.3, 0.4) is 0 Å². The molecule has 11 nitrogen and oxygen atoms in total. The van der Waals surface area contributed by atoms with E-state index in [0.717, 1.165) is 0 Å². The molecule has 7 N–H and O–H groups in total. The molecular weight excluding hydrogens is 504 g/mol. The van der Waals surface area contributed by atoms with E-state index in [0.29, 0.717) is 43.7 Å². The maximum Gasteiger partial charge on any atom is 0.244 e. The second-order valence-electron chi connectivity index (χ2n) is 9.64. The molecule has 2 saturated heterocycles. The average molecular weight is 545 g/mol. The van der Waals surface area contributed by atoms with Gasteiger partial charge in [-0.1, -0.05) is 55.7 Å². The van der Waals surface area contributed by atoms with Crippen molar-refractivity contribution >= 4 is 51.1 Å². The van der Waals surface area contributed by atoms with E-state index < -0.39 is 59.7 Å². The van der Waals surface area contributed by atoms with Crippen molar-refractivity contribution in [3.05, 3.63) is 0 Å². The summed E-state index contributed by atoms with van der Waals surface area (Å²) >= 11 is 0. The SMILES string of the molecule is CC[C@H](C)[C@@H]1NC(=O)[C@@H](CCCCN)NC(=O)[C@H](C(C)C)NC(=O)[C@H]2CSSC[C@@H](NC1=O)C(=O)N2. The van der Waals surface area contributed by atoms with Crippen LogP contribution in [0.1, 0.15) is 53.4 Å². The van der Waals surface area contributed by atoms with Crippen molar-refractivity contribution in [2.45, 2.75) is 83.6 Å². The molecule has 0 aromatic rings. The Hall–Kier alpha value is -1.99. The van der Waals surface area contributed by atoms with Crippen molar-refractivity contribution in [2.75, 3.05) is 18.1 Å². The number of rotatable bonds is 7. The zero-order valence-corrected chi connectivity index (χ0v) is 23.1. The van der Waals surface area contributed by atoms with Crippen LogP contribution in [-0.4, -0.2) is 77.8 Å². The largest absolute Gasteiger partial charge is 0.343 e. The van der Waals surface area contributed by atoms with E-state index >= 15 is 0 Å². The zero-order valence-electron chi connectivity index (χ0n) is 21.4. The molecule has 5 amide bonds. The summed E-state index contributed by atoms with van der Waals surface area (Å²) in [4.78, 5) is 65.9. The minimum atomic E-state index is -0.909. The summed E-state index contributed by atoms with van der Waals surface area (Å²) in [5.41, 5.74) is 5.61. The zero-order chi connectivity index (χ0) is 26.8. The number of fused-ring (bicyclic) bond motifs is 3. The van der Waals surface area contributed by atoms with E-state index in [4.69, 9.17) is 5.73 Å². The van der Waals surface area contributed by atoms with E-state index in [2.05, 4.69) is 26.6 Å². The molecule has 204 valence electrons. The predicted molar refractivity (Wildman–Crippen MR) is 142 cm³/mol.